The summed E-state index contributed by atoms with van der Waals surface area (Å²) in [6.45, 7) is 0. The maximum absolute atomic E-state index is 11.2. The molecule has 0 radical (unpaired) electrons. The summed E-state index contributed by atoms with van der Waals surface area (Å²) in [5.74, 6) is 0.881. The maximum Gasteiger partial charge on any atom is 0.326 e. The molecule has 0 spiro atoms. The number of carbonyl (C=O) groups excluding carboxylic acids is 1. The van der Waals surface area contributed by atoms with E-state index >= 15 is 0 Å². The molecule has 0 aromatic rings. The lowest BCUT2D eigenvalue weighted by Crippen LogP contribution is -2.50. The first-order chi connectivity index (χ1) is 5.16. The van der Waals surface area contributed by atoms with Crippen LogP contribution in [-0.2, 0) is 9.53 Å². The van der Waals surface area contributed by atoms with E-state index in [1.807, 2.05) is 0 Å². The molecule has 0 aromatic carbocycles. The number of nitrogens with two attached hydrogens (primary N) is 1. The van der Waals surface area contributed by atoms with E-state index in [1.165, 1.54) is 7.11 Å². The molecule has 1 unspecified atom stereocenters. The molecule has 3 rings (SSSR count). The molecule has 1 atom stereocenters. The van der Waals surface area contributed by atoms with E-state index in [4.69, 9.17) is 5.73 Å². The largest absolute Gasteiger partial charge is 0.468 e. The van der Waals surface area contributed by atoms with Gasteiger partial charge >= 0.3 is 5.97 Å². The zero-order valence-electron chi connectivity index (χ0n) is 6.67. The molecule has 3 saturated carbocycles. The molecule has 0 aliphatic heterocycles. The van der Waals surface area contributed by atoms with Crippen LogP contribution in [0.4, 0.5) is 0 Å². The lowest BCUT2D eigenvalue weighted by Gasteiger charge is -2.28. The van der Waals surface area contributed by atoms with Crippen LogP contribution < -0.4 is 5.73 Å². The minimum atomic E-state index is -0.626. The summed E-state index contributed by atoms with van der Waals surface area (Å²) in [6, 6.07) is 0. The predicted octanol–water partition coefficient (Wildman–Crippen LogP) is 0.287. The van der Waals surface area contributed by atoms with Gasteiger partial charge in [-0.25, -0.2) is 0 Å². The minimum Gasteiger partial charge on any atom is -0.468 e. The molecule has 3 fully saturated rings. The summed E-state index contributed by atoms with van der Waals surface area (Å²) in [4.78, 5) is 11.2. The summed E-state index contributed by atoms with van der Waals surface area (Å²) >= 11 is 0. The third-order valence-corrected chi connectivity index (χ3v) is 3.16. The fourth-order valence-electron chi connectivity index (χ4n) is 2.41. The van der Waals surface area contributed by atoms with E-state index < -0.39 is 5.54 Å². The summed E-state index contributed by atoms with van der Waals surface area (Å²) < 4.78 is 4.67. The Morgan fingerprint density at radius 1 is 1.64 bits per heavy atom. The Kier molecular flexibility index (Phi) is 1.27. The van der Waals surface area contributed by atoms with E-state index in [0.717, 1.165) is 19.3 Å². The quantitative estimate of drug-likeness (QED) is 0.553. The lowest BCUT2D eigenvalue weighted by molar-refractivity contribution is -0.148. The average Bonchev–Trinajstić information content (AvgIpc) is 2.38. The van der Waals surface area contributed by atoms with Gasteiger partial charge in [-0.2, -0.15) is 0 Å². The molecule has 0 saturated heterocycles. The molecule has 0 aromatic heterocycles. The first-order valence-corrected chi connectivity index (χ1v) is 4.04. The molecule has 3 nitrogen and oxygen atoms in total. The van der Waals surface area contributed by atoms with E-state index in [2.05, 4.69) is 4.74 Å². The predicted molar refractivity (Wildman–Crippen MR) is 39.8 cm³/mol. The number of hydrogen-bond acceptors (Lipinski definition) is 3. The molecular weight excluding hydrogens is 142 g/mol. The van der Waals surface area contributed by atoms with Crippen molar-refractivity contribution < 1.29 is 9.53 Å². The zero-order valence-corrected chi connectivity index (χ0v) is 6.67. The Bertz CT molecular complexity index is 198. The molecule has 0 amide bonds. The number of hydrogen-bond donors (Lipinski definition) is 1. The second kappa shape index (κ2) is 1.97. The normalized spacial score (nSPS) is 46.7. The minimum absolute atomic E-state index is 0.220. The third-order valence-electron chi connectivity index (χ3n) is 3.16. The summed E-state index contributed by atoms with van der Waals surface area (Å²) in [5, 5.41) is 0. The molecule has 3 aliphatic carbocycles. The van der Waals surface area contributed by atoms with Crippen molar-refractivity contribution in [2.24, 2.45) is 17.6 Å². The van der Waals surface area contributed by atoms with E-state index in [9.17, 15) is 4.79 Å². The lowest BCUT2D eigenvalue weighted by atomic mass is 9.80. The van der Waals surface area contributed by atoms with Gasteiger partial charge in [-0.1, -0.05) is 0 Å². The van der Waals surface area contributed by atoms with E-state index in [1.54, 1.807) is 0 Å². The molecule has 11 heavy (non-hydrogen) atoms. The van der Waals surface area contributed by atoms with Gasteiger partial charge in [-0.3, -0.25) is 4.79 Å². The molecule has 3 heteroatoms. The van der Waals surface area contributed by atoms with Crippen LogP contribution in [0.3, 0.4) is 0 Å². The first-order valence-electron chi connectivity index (χ1n) is 4.04. The second-order valence-electron chi connectivity index (χ2n) is 3.77. The summed E-state index contributed by atoms with van der Waals surface area (Å²) in [5.41, 5.74) is 5.30. The Balaban J connectivity index is 2.16. The van der Waals surface area contributed by atoms with Crippen molar-refractivity contribution in [1.82, 2.24) is 0 Å². The number of methoxy groups -OCH3 is 1. The highest BCUT2D eigenvalue weighted by atomic mass is 16.5. The third kappa shape index (κ3) is 0.745. The van der Waals surface area contributed by atoms with Crippen molar-refractivity contribution in [2.75, 3.05) is 7.11 Å². The fourth-order valence-corrected chi connectivity index (χ4v) is 2.41. The molecular formula is C8H13NO2. The maximum atomic E-state index is 11.2. The van der Waals surface area contributed by atoms with Crippen LogP contribution in [0.15, 0.2) is 0 Å². The van der Waals surface area contributed by atoms with E-state index in [-0.39, 0.29) is 5.97 Å². The van der Waals surface area contributed by atoms with Gasteiger partial charge in [-0.05, 0) is 31.1 Å². The highest BCUT2D eigenvalue weighted by Crippen LogP contribution is 2.53. The SMILES string of the molecule is COC(=O)C1(N)CC2CC1C2. The standard InChI is InChI=1S/C8H13NO2/c1-11-7(10)8(9)4-5-2-6(8)3-5/h5-6H,2-4,9H2,1H3. The van der Waals surface area contributed by atoms with Gasteiger partial charge in [0.1, 0.15) is 5.54 Å². The van der Waals surface area contributed by atoms with Gasteiger partial charge in [0.15, 0.2) is 0 Å². The average molecular weight is 155 g/mol. The Morgan fingerprint density at radius 3 is 2.64 bits per heavy atom. The van der Waals surface area contributed by atoms with Crippen molar-refractivity contribution >= 4 is 5.97 Å². The topological polar surface area (TPSA) is 52.3 Å². The number of rotatable bonds is 1. The van der Waals surface area contributed by atoms with Crippen molar-refractivity contribution in [3.63, 3.8) is 0 Å². The molecule has 2 N–H and O–H groups in total. The molecule has 0 heterocycles. The summed E-state index contributed by atoms with van der Waals surface area (Å²) in [6.07, 6.45) is 3.10. The van der Waals surface area contributed by atoms with Crippen LogP contribution in [-0.4, -0.2) is 18.6 Å². The Hall–Kier alpha value is -0.570. The van der Waals surface area contributed by atoms with Crippen molar-refractivity contribution in [3.05, 3.63) is 0 Å². The van der Waals surface area contributed by atoms with Crippen LogP contribution in [0.25, 0.3) is 0 Å². The molecule has 2 bridgehead atoms. The number of fused-ring (bicyclic) bond motifs is 1. The highest BCUT2D eigenvalue weighted by Gasteiger charge is 2.57. The van der Waals surface area contributed by atoms with Gasteiger partial charge in [0.05, 0.1) is 7.11 Å². The highest BCUT2D eigenvalue weighted by molar-refractivity contribution is 5.82. The number of esters is 1. The van der Waals surface area contributed by atoms with Crippen LogP contribution in [0.2, 0.25) is 0 Å². The van der Waals surface area contributed by atoms with Crippen LogP contribution in [0, 0.1) is 11.8 Å². The van der Waals surface area contributed by atoms with Gasteiger partial charge in [0.2, 0.25) is 0 Å². The van der Waals surface area contributed by atoms with Crippen LogP contribution >= 0.6 is 0 Å². The molecule has 62 valence electrons. The van der Waals surface area contributed by atoms with Gasteiger partial charge in [0, 0.05) is 0 Å². The Morgan fingerprint density at radius 2 is 2.27 bits per heavy atom. The molecule has 3 aliphatic rings. The number of carbonyl (C=O) groups is 1. The van der Waals surface area contributed by atoms with Crippen molar-refractivity contribution in [3.8, 4) is 0 Å². The van der Waals surface area contributed by atoms with Crippen molar-refractivity contribution in [2.45, 2.75) is 24.8 Å². The monoisotopic (exact) mass is 155 g/mol. The van der Waals surface area contributed by atoms with Crippen LogP contribution in [0.1, 0.15) is 19.3 Å². The smallest absolute Gasteiger partial charge is 0.326 e. The Labute approximate surface area is 65.9 Å². The second-order valence-corrected chi connectivity index (χ2v) is 3.77. The van der Waals surface area contributed by atoms with Crippen LogP contribution in [0.5, 0.6) is 0 Å². The van der Waals surface area contributed by atoms with E-state index in [0.29, 0.717) is 11.8 Å². The van der Waals surface area contributed by atoms with Gasteiger partial charge in [0.25, 0.3) is 0 Å². The van der Waals surface area contributed by atoms with Crippen molar-refractivity contribution in [1.29, 1.82) is 0 Å². The van der Waals surface area contributed by atoms with Gasteiger partial charge < -0.3 is 10.5 Å². The zero-order chi connectivity index (χ0) is 8.06. The number of ether oxygens (including phenoxy) is 1. The first kappa shape index (κ1) is 7.10. The van der Waals surface area contributed by atoms with Gasteiger partial charge in [-0.15, -0.1) is 0 Å². The summed E-state index contributed by atoms with van der Waals surface area (Å²) in [7, 11) is 1.41. The fraction of sp³-hybridized carbons (Fsp3) is 0.875.